The van der Waals surface area contributed by atoms with Crippen LogP contribution in [0.3, 0.4) is 0 Å². The van der Waals surface area contributed by atoms with Crippen molar-refractivity contribution in [2.75, 3.05) is 13.1 Å². The quantitative estimate of drug-likeness (QED) is 0.712. The second-order valence-corrected chi connectivity index (χ2v) is 9.45. The molecule has 164 valence electrons. The second kappa shape index (κ2) is 7.67. The van der Waals surface area contributed by atoms with E-state index < -0.39 is 17.8 Å². The molecule has 2 aliphatic rings. The van der Waals surface area contributed by atoms with Gasteiger partial charge in [-0.05, 0) is 51.2 Å². The van der Waals surface area contributed by atoms with Gasteiger partial charge >= 0.3 is 12.2 Å². The highest BCUT2D eigenvalue weighted by molar-refractivity contribution is 6.33. The zero-order chi connectivity index (χ0) is 22.5. The number of ether oxygens (including phenoxy) is 1. The summed E-state index contributed by atoms with van der Waals surface area (Å²) in [5, 5.41) is 9.64. The van der Waals surface area contributed by atoms with Gasteiger partial charge in [-0.1, -0.05) is 11.6 Å². The summed E-state index contributed by atoms with van der Waals surface area (Å²) in [7, 11) is 0. The van der Waals surface area contributed by atoms with E-state index in [2.05, 4.69) is 4.98 Å². The van der Waals surface area contributed by atoms with Gasteiger partial charge in [0.15, 0.2) is 5.43 Å². The van der Waals surface area contributed by atoms with Crippen molar-refractivity contribution < 1.29 is 19.4 Å². The van der Waals surface area contributed by atoms with E-state index in [9.17, 15) is 19.5 Å². The van der Waals surface area contributed by atoms with Crippen LogP contribution in [0.15, 0.2) is 29.3 Å². The van der Waals surface area contributed by atoms with E-state index in [-0.39, 0.29) is 33.7 Å². The van der Waals surface area contributed by atoms with Gasteiger partial charge in [-0.3, -0.25) is 9.78 Å². The van der Waals surface area contributed by atoms with Crippen LogP contribution in [-0.4, -0.2) is 50.4 Å². The molecular weight excluding hydrogens is 422 g/mol. The average Bonchev–Trinajstić information content (AvgIpc) is 3.23. The van der Waals surface area contributed by atoms with Gasteiger partial charge in [0, 0.05) is 43.0 Å². The van der Waals surface area contributed by atoms with E-state index >= 15 is 0 Å². The molecule has 0 radical (unpaired) electrons. The highest BCUT2D eigenvalue weighted by Gasteiger charge is 2.40. The monoisotopic (exact) mass is 445 g/mol. The number of aromatic nitrogens is 2. The summed E-state index contributed by atoms with van der Waals surface area (Å²) in [5.74, 6) is 0.110. The van der Waals surface area contributed by atoms with Crippen molar-refractivity contribution in [3.05, 3.63) is 50.9 Å². The highest BCUT2D eigenvalue weighted by Crippen LogP contribution is 2.40. The van der Waals surface area contributed by atoms with Gasteiger partial charge in [0.1, 0.15) is 5.60 Å². The first kappa shape index (κ1) is 21.4. The molecule has 0 bridgehead atoms. The smallest absolute Gasteiger partial charge is 0.419 e. The molecule has 4 rings (SSSR count). The summed E-state index contributed by atoms with van der Waals surface area (Å²) in [6.07, 6.45) is 2.88. The molecule has 1 N–H and O–H groups in total. The fourth-order valence-corrected chi connectivity index (χ4v) is 4.69. The van der Waals surface area contributed by atoms with E-state index in [4.69, 9.17) is 16.3 Å². The van der Waals surface area contributed by atoms with Crippen molar-refractivity contribution in [2.24, 2.45) is 5.92 Å². The number of fused-ring (bicyclic) bond motifs is 3. The van der Waals surface area contributed by atoms with Crippen molar-refractivity contribution in [1.82, 2.24) is 14.5 Å². The predicted octanol–water partition coefficient (Wildman–Crippen LogP) is 3.99. The van der Waals surface area contributed by atoms with Crippen LogP contribution in [0, 0.1) is 5.92 Å². The Morgan fingerprint density at radius 3 is 2.71 bits per heavy atom. The number of carbonyl (C=O) groups excluding carboxylic acids is 1. The lowest BCUT2D eigenvalue weighted by Crippen LogP contribution is -2.27. The minimum absolute atomic E-state index is 0.0617. The minimum atomic E-state index is -0.950. The van der Waals surface area contributed by atoms with Crippen LogP contribution in [0.1, 0.15) is 44.2 Å². The Kier molecular flexibility index (Phi) is 5.29. The number of carbonyl (C=O) groups is 2. The van der Waals surface area contributed by atoms with Crippen LogP contribution in [0.4, 0.5) is 9.59 Å². The number of nitrogens with zero attached hydrogens (tertiary/aromatic N) is 3. The lowest BCUT2D eigenvalue weighted by atomic mass is 9.78. The number of amides is 1. The van der Waals surface area contributed by atoms with Crippen LogP contribution in [0.25, 0.3) is 11.4 Å². The summed E-state index contributed by atoms with van der Waals surface area (Å²) in [6.45, 7) is 6.10. The van der Waals surface area contributed by atoms with Gasteiger partial charge in [-0.2, -0.15) is 0 Å². The molecule has 1 fully saturated rings. The standard InChI is InChI=1S/C22H24ClN3O5/c1-22(2,3)31-21(30)26-7-6-16(23)19(26)17-8-18(27)13-5-4-12-10-25(20(28)29)11-15(12)14(13)9-24-17/h6-9,12,15H,4-5,10-11H2,1-3H3,(H,28,29). The molecule has 1 aliphatic carbocycles. The topological polar surface area (TPSA) is 102 Å². The predicted molar refractivity (Wildman–Crippen MR) is 115 cm³/mol. The van der Waals surface area contributed by atoms with Gasteiger partial charge < -0.3 is 14.7 Å². The average molecular weight is 446 g/mol. The van der Waals surface area contributed by atoms with Crippen molar-refractivity contribution >= 4 is 23.8 Å². The van der Waals surface area contributed by atoms with E-state index in [1.807, 2.05) is 0 Å². The van der Waals surface area contributed by atoms with E-state index in [0.717, 1.165) is 12.0 Å². The Hall–Kier alpha value is -2.87. The molecule has 1 saturated heterocycles. The van der Waals surface area contributed by atoms with Gasteiger partial charge in [0.25, 0.3) is 0 Å². The van der Waals surface area contributed by atoms with E-state index in [1.165, 1.54) is 21.7 Å². The molecule has 0 spiro atoms. The summed E-state index contributed by atoms with van der Waals surface area (Å²) in [6, 6.07) is 2.95. The number of carboxylic acid groups (broad SMARTS) is 1. The van der Waals surface area contributed by atoms with Crippen molar-refractivity contribution in [1.29, 1.82) is 0 Å². The molecule has 1 aliphatic heterocycles. The Bertz CT molecular complexity index is 1120. The van der Waals surface area contributed by atoms with Crippen LogP contribution in [0.2, 0.25) is 5.02 Å². The van der Waals surface area contributed by atoms with Gasteiger partial charge in [-0.15, -0.1) is 0 Å². The number of halogens is 1. The normalized spacial score (nSPS) is 20.2. The molecule has 0 saturated carbocycles. The molecule has 1 amide bonds. The molecular formula is C22H24ClN3O5. The Labute approximate surface area is 184 Å². The Morgan fingerprint density at radius 2 is 2.03 bits per heavy atom. The maximum absolute atomic E-state index is 13.1. The zero-order valence-electron chi connectivity index (χ0n) is 17.6. The largest absolute Gasteiger partial charge is 0.465 e. The summed E-state index contributed by atoms with van der Waals surface area (Å²) in [5.41, 5.74) is 1.10. The molecule has 2 aromatic rings. The summed E-state index contributed by atoms with van der Waals surface area (Å²) < 4.78 is 6.69. The Balaban J connectivity index is 1.77. The van der Waals surface area contributed by atoms with E-state index in [1.54, 1.807) is 33.0 Å². The number of hydrogen-bond donors (Lipinski definition) is 1. The van der Waals surface area contributed by atoms with Crippen molar-refractivity contribution in [3.63, 3.8) is 0 Å². The van der Waals surface area contributed by atoms with E-state index in [0.29, 0.717) is 25.1 Å². The first-order valence-corrected chi connectivity index (χ1v) is 10.5. The number of hydrogen-bond acceptors (Lipinski definition) is 5. The van der Waals surface area contributed by atoms with Gasteiger partial charge in [-0.25, -0.2) is 14.2 Å². The second-order valence-electron chi connectivity index (χ2n) is 9.04. The molecule has 2 aromatic heterocycles. The molecule has 31 heavy (non-hydrogen) atoms. The minimum Gasteiger partial charge on any atom is -0.465 e. The van der Waals surface area contributed by atoms with Crippen molar-refractivity contribution in [3.8, 4) is 11.4 Å². The fraction of sp³-hybridized carbons (Fsp3) is 0.455. The first-order chi connectivity index (χ1) is 14.5. The van der Waals surface area contributed by atoms with Crippen LogP contribution < -0.4 is 5.43 Å². The number of likely N-dealkylation sites (tertiary alicyclic amines) is 1. The zero-order valence-corrected chi connectivity index (χ0v) is 18.3. The van der Waals surface area contributed by atoms with Crippen LogP contribution in [0.5, 0.6) is 0 Å². The third-order valence-corrected chi connectivity index (χ3v) is 6.11. The third-order valence-electron chi connectivity index (χ3n) is 5.80. The van der Waals surface area contributed by atoms with Crippen molar-refractivity contribution in [2.45, 2.75) is 45.1 Å². The highest BCUT2D eigenvalue weighted by atomic mass is 35.5. The maximum Gasteiger partial charge on any atom is 0.419 e. The van der Waals surface area contributed by atoms with Gasteiger partial charge in [0.2, 0.25) is 0 Å². The molecule has 3 heterocycles. The lowest BCUT2D eigenvalue weighted by Gasteiger charge is -2.24. The molecule has 2 unspecified atom stereocenters. The van der Waals surface area contributed by atoms with Gasteiger partial charge in [0.05, 0.1) is 16.4 Å². The fourth-order valence-electron chi connectivity index (χ4n) is 4.44. The molecule has 8 nitrogen and oxygen atoms in total. The molecule has 2 atom stereocenters. The molecule has 0 aromatic carbocycles. The lowest BCUT2D eigenvalue weighted by molar-refractivity contribution is 0.0540. The van der Waals surface area contributed by atoms with Crippen LogP contribution >= 0.6 is 11.6 Å². The molecule has 9 heteroatoms. The van der Waals surface area contributed by atoms with Crippen LogP contribution in [-0.2, 0) is 11.2 Å². The number of rotatable bonds is 1. The maximum atomic E-state index is 13.1. The SMILES string of the molecule is CC(C)(C)OC(=O)n1ccc(Cl)c1-c1cc(=O)c2c(cn1)C1CN(C(=O)O)CC1CC2. The first-order valence-electron chi connectivity index (χ1n) is 10.2. The Morgan fingerprint density at radius 1 is 1.29 bits per heavy atom. The third kappa shape index (κ3) is 4.04. The summed E-state index contributed by atoms with van der Waals surface area (Å²) >= 11 is 6.35. The summed E-state index contributed by atoms with van der Waals surface area (Å²) in [4.78, 5) is 43.0.